The summed E-state index contributed by atoms with van der Waals surface area (Å²) in [6.07, 6.45) is 2.14. The van der Waals surface area contributed by atoms with Gasteiger partial charge in [0.15, 0.2) is 5.96 Å². The highest BCUT2D eigenvalue weighted by atomic mass is 127. The van der Waals surface area contributed by atoms with E-state index in [-0.39, 0.29) is 42.4 Å². The van der Waals surface area contributed by atoms with Crippen molar-refractivity contribution in [2.24, 2.45) is 10.4 Å². The maximum atomic E-state index is 13.8. The van der Waals surface area contributed by atoms with Crippen LogP contribution in [0.25, 0.3) is 0 Å². The zero-order valence-corrected chi connectivity index (χ0v) is 17.4. The van der Waals surface area contributed by atoms with Gasteiger partial charge in [0, 0.05) is 25.2 Å². The molecular weight excluding hydrogens is 418 g/mol. The quantitative estimate of drug-likeness (QED) is 0.405. The van der Waals surface area contributed by atoms with E-state index in [2.05, 4.69) is 43.3 Å². The van der Waals surface area contributed by atoms with Crippen molar-refractivity contribution < 1.29 is 4.39 Å². The molecule has 0 bridgehead atoms. The summed E-state index contributed by atoms with van der Waals surface area (Å²) in [6, 6.07) is 6.64. The Bertz CT molecular complexity index is 588. The fourth-order valence-corrected chi connectivity index (χ4v) is 2.11. The Morgan fingerprint density at radius 1 is 1.38 bits per heavy atom. The number of guanidine groups is 1. The molecule has 0 heterocycles. The third-order valence-corrected chi connectivity index (χ3v) is 3.56. The molecule has 24 heavy (non-hydrogen) atoms. The Hall–Kier alpha value is -1.36. The van der Waals surface area contributed by atoms with Crippen LogP contribution in [0.3, 0.4) is 0 Å². The van der Waals surface area contributed by atoms with Crippen LogP contribution in [0.5, 0.6) is 0 Å². The minimum Gasteiger partial charge on any atom is -0.354 e. The predicted octanol–water partition coefficient (Wildman–Crippen LogP) is 4.20. The van der Waals surface area contributed by atoms with Crippen LogP contribution >= 0.6 is 24.0 Å². The number of halogens is 2. The predicted molar refractivity (Wildman–Crippen MR) is 108 cm³/mol. The SMILES string of the molecule is CN=C(NCc1cc(C#N)ccc1F)NC(C)CCC(C)(C)C.I. The smallest absolute Gasteiger partial charge is 0.191 e. The van der Waals surface area contributed by atoms with Gasteiger partial charge in [0.2, 0.25) is 0 Å². The number of nitrogens with zero attached hydrogens (tertiary/aromatic N) is 2. The molecule has 0 radical (unpaired) electrons. The molecule has 1 rings (SSSR count). The van der Waals surface area contributed by atoms with Crippen LogP contribution in [-0.4, -0.2) is 19.0 Å². The van der Waals surface area contributed by atoms with Gasteiger partial charge < -0.3 is 10.6 Å². The van der Waals surface area contributed by atoms with Gasteiger partial charge in [0.05, 0.1) is 11.6 Å². The summed E-state index contributed by atoms with van der Waals surface area (Å²) in [5, 5.41) is 15.3. The van der Waals surface area contributed by atoms with Crippen LogP contribution in [0.2, 0.25) is 0 Å². The third-order valence-electron chi connectivity index (χ3n) is 3.56. The molecule has 134 valence electrons. The van der Waals surface area contributed by atoms with E-state index in [1.165, 1.54) is 12.1 Å². The maximum Gasteiger partial charge on any atom is 0.191 e. The van der Waals surface area contributed by atoms with Crippen LogP contribution in [0.4, 0.5) is 4.39 Å². The molecule has 0 saturated heterocycles. The summed E-state index contributed by atoms with van der Waals surface area (Å²) in [5.41, 5.74) is 1.20. The maximum absolute atomic E-state index is 13.8. The van der Waals surface area contributed by atoms with Crippen molar-refractivity contribution in [3.05, 3.63) is 35.1 Å². The minimum absolute atomic E-state index is 0. The lowest BCUT2D eigenvalue weighted by Gasteiger charge is -2.23. The van der Waals surface area contributed by atoms with Gasteiger partial charge in [-0.15, -0.1) is 24.0 Å². The standard InChI is InChI=1S/C18H27FN4.HI/c1-13(8-9-18(2,3)4)23-17(21-5)22-12-15-10-14(11-20)6-7-16(15)19;/h6-7,10,13H,8-9,12H2,1-5H3,(H2,21,22,23);1H. The highest BCUT2D eigenvalue weighted by molar-refractivity contribution is 14.0. The van der Waals surface area contributed by atoms with Gasteiger partial charge in [-0.25, -0.2) is 4.39 Å². The zero-order chi connectivity index (χ0) is 17.5. The first-order chi connectivity index (χ1) is 10.7. The number of nitriles is 1. The van der Waals surface area contributed by atoms with Gasteiger partial charge in [0.1, 0.15) is 5.82 Å². The average molecular weight is 446 g/mol. The van der Waals surface area contributed by atoms with E-state index in [0.29, 0.717) is 22.5 Å². The second-order valence-electron chi connectivity index (χ2n) is 6.99. The van der Waals surface area contributed by atoms with Crippen LogP contribution in [0.15, 0.2) is 23.2 Å². The van der Waals surface area contributed by atoms with E-state index in [9.17, 15) is 4.39 Å². The number of hydrogen-bond acceptors (Lipinski definition) is 2. The van der Waals surface area contributed by atoms with Gasteiger partial charge in [-0.3, -0.25) is 4.99 Å². The largest absolute Gasteiger partial charge is 0.354 e. The van der Waals surface area contributed by atoms with Crippen molar-refractivity contribution in [3.63, 3.8) is 0 Å². The molecule has 1 unspecified atom stereocenters. The van der Waals surface area contributed by atoms with Crippen molar-refractivity contribution >= 4 is 29.9 Å². The highest BCUT2D eigenvalue weighted by Crippen LogP contribution is 2.21. The first-order valence-corrected chi connectivity index (χ1v) is 7.91. The summed E-state index contributed by atoms with van der Waals surface area (Å²) in [6.45, 7) is 9.05. The first-order valence-electron chi connectivity index (χ1n) is 7.91. The zero-order valence-electron chi connectivity index (χ0n) is 15.1. The normalized spacial score (nSPS) is 12.8. The van der Waals surface area contributed by atoms with Gasteiger partial charge in [-0.2, -0.15) is 5.26 Å². The van der Waals surface area contributed by atoms with Gasteiger partial charge >= 0.3 is 0 Å². The lowest BCUT2D eigenvalue weighted by atomic mass is 9.89. The number of nitrogens with one attached hydrogen (secondary N) is 2. The summed E-state index contributed by atoms with van der Waals surface area (Å²) >= 11 is 0. The van der Waals surface area contributed by atoms with Crippen LogP contribution in [0.1, 0.15) is 51.7 Å². The van der Waals surface area contributed by atoms with Crippen LogP contribution in [0, 0.1) is 22.6 Å². The molecule has 0 aliphatic carbocycles. The van der Waals surface area contributed by atoms with E-state index in [4.69, 9.17) is 5.26 Å². The molecule has 0 amide bonds. The summed E-state index contributed by atoms with van der Waals surface area (Å²) in [7, 11) is 1.69. The number of aliphatic imine (C=N–C) groups is 1. The molecule has 1 atom stereocenters. The molecule has 0 spiro atoms. The molecule has 0 saturated carbocycles. The number of benzene rings is 1. The molecular formula is C18H28FIN4. The van der Waals surface area contributed by atoms with Crippen LogP contribution < -0.4 is 10.6 Å². The number of hydrogen-bond donors (Lipinski definition) is 2. The molecule has 6 heteroatoms. The van der Waals surface area contributed by atoms with Crippen LogP contribution in [-0.2, 0) is 6.54 Å². The van der Waals surface area contributed by atoms with E-state index in [1.54, 1.807) is 13.1 Å². The van der Waals surface area contributed by atoms with Gasteiger partial charge in [0.25, 0.3) is 0 Å². The topological polar surface area (TPSA) is 60.2 Å². The van der Waals surface area contributed by atoms with E-state index >= 15 is 0 Å². The van der Waals surface area contributed by atoms with Gasteiger partial charge in [-0.05, 0) is 43.4 Å². The Balaban J connectivity index is 0.00000529. The summed E-state index contributed by atoms with van der Waals surface area (Å²) < 4.78 is 13.8. The molecule has 0 aliphatic rings. The van der Waals surface area contributed by atoms with E-state index in [1.807, 2.05) is 6.07 Å². The molecule has 1 aromatic rings. The van der Waals surface area contributed by atoms with E-state index < -0.39 is 0 Å². The summed E-state index contributed by atoms with van der Waals surface area (Å²) in [5.74, 6) is 0.306. The number of rotatable bonds is 5. The molecule has 4 nitrogen and oxygen atoms in total. The fourth-order valence-electron chi connectivity index (χ4n) is 2.11. The lowest BCUT2D eigenvalue weighted by Crippen LogP contribution is -2.42. The van der Waals surface area contributed by atoms with Gasteiger partial charge in [-0.1, -0.05) is 20.8 Å². The average Bonchev–Trinajstić information content (AvgIpc) is 2.50. The Morgan fingerprint density at radius 2 is 2.04 bits per heavy atom. The molecule has 0 fully saturated rings. The molecule has 0 aliphatic heterocycles. The van der Waals surface area contributed by atoms with Crippen molar-refractivity contribution in [2.75, 3.05) is 7.05 Å². The van der Waals surface area contributed by atoms with Crippen molar-refractivity contribution in [1.29, 1.82) is 5.26 Å². The summed E-state index contributed by atoms with van der Waals surface area (Å²) in [4.78, 5) is 4.17. The molecule has 2 N–H and O–H groups in total. The highest BCUT2D eigenvalue weighted by Gasteiger charge is 2.13. The second-order valence-corrected chi connectivity index (χ2v) is 6.99. The van der Waals surface area contributed by atoms with E-state index in [0.717, 1.165) is 12.8 Å². The Labute approximate surface area is 162 Å². The Morgan fingerprint density at radius 3 is 2.58 bits per heavy atom. The second kappa shape index (κ2) is 10.5. The molecule has 0 aromatic heterocycles. The monoisotopic (exact) mass is 446 g/mol. The lowest BCUT2D eigenvalue weighted by molar-refractivity contribution is 0.346. The van der Waals surface area contributed by atoms with Crippen molar-refractivity contribution in [2.45, 2.75) is 53.1 Å². The third kappa shape index (κ3) is 8.48. The Kier molecular flexibility index (Phi) is 9.90. The van der Waals surface area contributed by atoms with Crippen molar-refractivity contribution in [3.8, 4) is 6.07 Å². The molecule has 1 aromatic carbocycles. The van der Waals surface area contributed by atoms with Crippen molar-refractivity contribution in [1.82, 2.24) is 10.6 Å². The first kappa shape index (κ1) is 22.6. The minimum atomic E-state index is -0.326. The fraction of sp³-hybridized carbons (Fsp3) is 0.556.